The number of benzene rings is 1. The molecule has 3 aromatic heterocycles. The first-order valence-corrected chi connectivity index (χ1v) is 8.85. The molecule has 0 aliphatic carbocycles. The average Bonchev–Trinajstić information content (AvgIpc) is 3.33. The highest BCUT2D eigenvalue weighted by Crippen LogP contribution is 2.23. The van der Waals surface area contributed by atoms with Gasteiger partial charge in [0.2, 0.25) is 5.82 Å². The molecular formula is C21H19N5O2. The van der Waals surface area contributed by atoms with E-state index in [4.69, 9.17) is 4.42 Å². The number of rotatable bonds is 5. The molecule has 1 aromatic carbocycles. The predicted molar refractivity (Wildman–Crippen MR) is 107 cm³/mol. The van der Waals surface area contributed by atoms with Crippen LogP contribution in [-0.4, -0.2) is 27.2 Å². The molecule has 1 unspecified atom stereocenters. The maximum Gasteiger partial charge on any atom is 0.252 e. The number of carbonyl (C=O) groups is 1. The van der Waals surface area contributed by atoms with Gasteiger partial charge in [0.1, 0.15) is 5.76 Å². The Morgan fingerprint density at radius 1 is 1.21 bits per heavy atom. The molecule has 1 atom stereocenters. The van der Waals surface area contributed by atoms with Gasteiger partial charge >= 0.3 is 0 Å². The van der Waals surface area contributed by atoms with Gasteiger partial charge in [-0.15, -0.1) is 5.10 Å². The summed E-state index contributed by atoms with van der Waals surface area (Å²) < 4.78 is 7.13. The zero-order valence-corrected chi connectivity index (χ0v) is 15.6. The van der Waals surface area contributed by atoms with Crippen LogP contribution in [0, 0.1) is 6.92 Å². The van der Waals surface area contributed by atoms with Gasteiger partial charge in [-0.1, -0.05) is 30.3 Å². The molecule has 3 heterocycles. The Morgan fingerprint density at radius 2 is 2.00 bits per heavy atom. The maximum atomic E-state index is 12.8. The molecule has 0 fully saturated rings. The fraction of sp³-hybridized carbons (Fsp3) is 0.143. The van der Waals surface area contributed by atoms with Crippen molar-refractivity contribution in [3.8, 4) is 11.6 Å². The Kier molecular flexibility index (Phi) is 4.49. The van der Waals surface area contributed by atoms with Crippen molar-refractivity contribution in [1.29, 1.82) is 0 Å². The first kappa shape index (κ1) is 17.7. The molecule has 0 spiro atoms. The third-order valence-electron chi connectivity index (χ3n) is 4.45. The number of nitrogens with zero attached hydrogens (tertiary/aromatic N) is 4. The predicted octanol–water partition coefficient (Wildman–Crippen LogP) is 4.12. The van der Waals surface area contributed by atoms with Gasteiger partial charge in [-0.25, -0.2) is 9.98 Å². The highest BCUT2D eigenvalue weighted by Gasteiger charge is 2.17. The Labute approximate surface area is 161 Å². The molecule has 140 valence electrons. The average molecular weight is 373 g/mol. The highest BCUT2D eigenvalue weighted by molar-refractivity contribution is 5.96. The first-order chi connectivity index (χ1) is 13.5. The van der Waals surface area contributed by atoms with Crippen LogP contribution in [0.5, 0.6) is 0 Å². The normalized spacial score (nSPS) is 12.1. The van der Waals surface area contributed by atoms with Crippen LogP contribution in [-0.2, 0) is 0 Å². The fourth-order valence-electron chi connectivity index (χ4n) is 2.97. The van der Waals surface area contributed by atoms with E-state index in [0.29, 0.717) is 28.6 Å². The molecule has 7 nitrogen and oxygen atoms in total. The third-order valence-corrected chi connectivity index (χ3v) is 4.45. The number of aliphatic imine (C=N–C) groups is 1. The lowest BCUT2D eigenvalue weighted by atomic mass is 10.1. The van der Waals surface area contributed by atoms with Crippen molar-refractivity contribution < 1.29 is 9.21 Å². The molecule has 1 N–H and O–H groups in total. The Hall–Kier alpha value is -3.74. The summed E-state index contributed by atoms with van der Waals surface area (Å²) in [6, 6.07) is 16.6. The smallest absolute Gasteiger partial charge is 0.252 e. The van der Waals surface area contributed by atoms with Crippen molar-refractivity contribution in [1.82, 2.24) is 19.9 Å². The van der Waals surface area contributed by atoms with Crippen molar-refractivity contribution in [2.75, 3.05) is 0 Å². The van der Waals surface area contributed by atoms with Gasteiger partial charge in [0.15, 0.2) is 17.2 Å². The van der Waals surface area contributed by atoms with Crippen LogP contribution >= 0.6 is 0 Å². The fourth-order valence-corrected chi connectivity index (χ4v) is 2.97. The van der Waals surface area contributed by atoms with Gasteiger partial charge < -0.3 is 9.73 Å². The van der Waals surface area contributed by atoms with Gasteiger partial charge in [0.05, 0.1) is 6.04 Å². The molecule has 0 saturated carbocycles. The molecule has 0 radical (unpaired) electrons. The summed E-state index contributed by atoms with van der Waals surface area (Å²) in [5.41, 5.74) is 1.95. The number of nitrogens with one attached hydrogen (secondary N) is 1. The number of amides is 1. The number of hydrogen-bond donors (Lipinski definition) is 1. The second kappa shape index (κ2) is 7.11. The van der Waals surface area contributed by atoms with Crippen molar-refractivity contribution in [3.05, 3.63) is 71.5 Å². The zero-order valence-electron chi connectivity index (χ0n) is 15.6. The highest BCUT2D eigenvalue weighted by atomic mass is 16.3. The van der Waals surface area contributed by atoms with Crippen LogP contribution in [0.3, 0.4) is 0 Å². The van der Waals surface area contributed by atoms with Crippen LogP contribution in [0.15, 0.2) is 64.0 Å². The van der Waals surface area contributed by atoms with Crippen molar-refractivity contribution in [3.63, 3.8) is 0 Å². The van der Waals surface area contributed by atoms with Crippen LogP contribution in [0.1, 0.15) is 34.6 Å². The Bertz CT molecular complexity index is 1160. The molecule has 4 aromatic rings. The maximum absolute atomic E-state index is 12.8. The van der Waals surface area contributed by atoms with Crippen LogP contribution in [0.2, 0.25) is 0 Å². The SMILES string of the molecule is C=Nc1cc(C(=O)NC(C)c2ccccc2)cc2nc(-c3ccc(C)o3)nn12. The third kappa shape index (κ3) is 3.29. The van der Waals surface area contributed by atoms with Gasteiger partial charge in [-0.2, -0.15) is 4.52 Å². The standard InChI is InChI=1S/C21H19N5O2/c1-13-9-10-17(28-13)20-24-19-12-16(11-18(22-3)26(19)25-20)21(27)23-14(2)15-7-5-4-6-8-15/h4-12,14H,3H2,1-2H3,(H,23,27). The number of hydrogen-bond acceptors (Lipinski definition) is 5. The molecule has 1 amide bonds. The van der Waals surface area contributed by atoms with E-state index in [1.807, 2.05) is 50.2 Å². The lowest BCUT2D eigenvalue weighted by molar-refractivity contribution is 0.0940. The van der Waals surface area contributed by atoms with E-state index in [0.717, 1.165) is 11.3 Å². The van der Waals surface area contributed by atoms with Crippen molar-refractivity contribution in [2.24, 2.45) is 4.99 Å². The number of pyridine rings is 1. The van der Waals surface area contributed by atoms with E-state index >= 15 is 0 Å². The first-order valence-electron chi connectivity index (χ1n) is 8.85. The van der Waals surface area contributed by atoms with Crippen molar-refractivity contribution in [2.45, 2.75) is 19.9 Å². The Balaban J connectivity index is 1.67. The summed E-state index contributed by atoms with van der Waals surface area (Å²) >= 11 is 0. The van der Waals surface area contributed by atoms with E-state index < -0.39 is 0 Å². The molecule has 0 saturated heterocycles. The second-order valence-corrected chi connectivity index (χ2v) is 6.48. The number of carbonyl (C=O) groups excluding carboxylic acids is 1. The summed E-state index contributed by atoms with van der Waals surface area (Å²) in [6.45, 7) is 7.37. The lowest BCUT2D eigenvalue weighted by Gasteiger charge is -2.14. The van der Waals surface area contributed by atoms with E-state index in [2.05, 4.69) is 27.1 Å². The minimum absolute atomic E-state index is 0.135. The van der Waals surface area contributed by atoms with Gasteiger partial charge in [0.25, 0.3) is 5.91 Å². The summed E-state index contributed by atoms with van der Waals surface area (Å²) in [7, 11) is 0. The van der Waals surface area contributed by atoms with Gasteiger partial charge in [0, 0.05) is 5.56 Å². The van der Waals surface area contributed by atoms with E-state index in [9.17, 15) is 4.79 Å². The summed E-state index contributed by atoms with van der Waals surface area (Å²) in [5.74, 6) is 1.96. The second-order valence-electron chi connectivity index (χ2n) is 6.48. The largest absolute Gasteiger partial charge is 0.458 e. The minimum Gasteiger partial charge on any atom is -0.458 e. The van der Waals surface area contributed by atoms with Crippen LogP contribution in [0.4, 0.5) is 5.82 Å². The van der Waals surface area contributed by atoms with Crippen LogP contribution < -0.4 is 5.32 Å². The molecular weight excluding hydrogens is 354 g/mol. The summed E-state index contributed by atoms with van der Waals surface area (Å²) in [4.78, 5) is 21.2. The topological polar surface area (TPSA) is 84.8 Å². The molecule has 4 rings (SSSR count). The molecule has 28 heavy (non-hydrogen) atoms. The number of furan rings is 1. The minimum atomic E-state index is -0.220. The molecule has 7 heteroatoms. The summed E-state index contributed by atoms with van der Waals surface area (Å²) in [5, 5.41) is 7.42. The number of fused-ring (bicyclic) bond motifs is 1. The Morgan fingerprint density at radius 3 is 2.68 bits per heavy atom. The number of aromatic nitrogens is 3. The van der Waals surface area contributed by atoms with E-state index in [-0.39, 0.29) is 11.9 Å². The number of aryl methyl sites for hydroxylation is 1. The van der Waals surface area contributed by atoms with Gasteiger partial charge in [-0.3, -0.25) is 4.79 Å². The van der Waals surface area contributed by atoms with E-state index in [1.54, 1.807) is 18.2 Å². The van der Waals surface area contributed by atoms with Gasteiger partial charge in [-0.05, 0) is 50.4 Å². The van der Waals surface area contributed by atoms with Crippen molar-refractivity contribution >= 4 is 24.1 Å². The molecule has 0 aliphatic heterocycles. The zero-order chi connectivity index (χ0) is 19.7. The molecule has 0 aliphatic rings. The lowest BCUT2D eigenvalue weighted by Crippen LogP contribution is -2.26. The molecule has 0 bridgehead atoms. The van der Waals surface area contributed by atoms with Crippen LogP contribution in [0.25, 0.3) is 17.2 Å². The quantitative estimate of drug-likeness (QED) is 0.533. The summed E-state index contributed by atoms with van der Waals surface area (Å²) in [6.07, 6.45) is 0. The van der Waals surface area contributed by atoms with E-state index in [1.165, 1.54) is 4.52 Å². The monoisotopic (exact) mass is 373 g/mol.